The van der Waals surface area contributed by atoms with Gasteiger partial charge >= 0.3 is 5.97 Å². The van der Waals surface area contributed by atoms with Gasteiger partial charge in [0.05, 0.1) is 5.56 Å². The van der Waals surface area contributed by atoms with Crippen molar-refractivity contribution in [2.45, 2.75) is 6.92 Å². The molecule has 4 aromatic rings. The van der Waals surface area contributed by atoms with Crippen LogP contribution in [0.5, 0.6) is 0 Å². The molecule has 4 aromatic carbocycles. The second kappa shape index (κ2) is 8.18. The topological polar surface area (TPSA) is 54.4 Å². The quantitative estimate of drug-likeness (QED) is 0.394. The molecule has 0 heterocycles. The molecule has 30 heavy (non-hydrogen) atoms. The summed E-state index contributed by atoms with van der Waals surface area (Å²) in [5.74, 6) is -0.939. The third kappa shape index (κ3) is 4.06. The zero-order valence-electron chi connectivity index (χ0n) is 16.5. The number of rotatable bonds is 5. The van der Waals surface area contributed by atoms with Crippen molar-refractivity contribution >= 4 is 12.3 Å². The fraction of sp³-hybridized carbons (Fsp3) is 0.0370. The van der Waals surface area contributed by atoms with E-state index in [1.54, 1.807) is 12.1 Å². The van der Waals surface area contributed by atoms with Gasteiger partial charge in [0.25, 0.3) is 0 Å². The summed E-state index contributed by atoms with van der Waals surface area (Å²) in [6.45, 7) is 2.06. The molecule has 0 atom stereocenters. The second-order valence-corrected chi connectivity index (χ2v) is 7.29. The summed E-state index contributed by atoms with van der Waals surface area (Å²) in [4.78, 5) is 22.2. The Labute approximate surface area is 175 Å². The van der Waals surface area contributed by atoms with Gasteiger partial charge in [-0.15, -0.1) is 0 Å². The van der Waals surface area contributed by atoms with Crippen LogP contribution in [0, 0.1) is 6.92 Å². The second-order valence-electron chi connectivity index (χ2n) is 7.29. The standard InChI is InChI=1S/C27H20O3/c1-18-2-6-20(7-3-18)24-14-25(21-8-4-19(17-28)5-9-21)16-26(15-24)22-10-12-23(13-11-22)27(29)30/h2-17H,1H3,(H,29,30). The maximum Gasteiger partial charge on any atom is 0.335 e. The van der Waals surface area contributed by atoms with Crippen LogP contribution in [0.25, 0.3) is 33.4 Å². The highest BCUT2D eigenvalue weighted by Gasteiger charge is 2.09. The van der Waals surface area contributed by atoms with E-state index in [1.165, 1.54) is 5.56 Å². The molecule has 0 aliphatic rings. The first-order chi connectivity index (χ1) is 14.5. The maximum absolute atomic E-state index is 11.2. The Morgan fingerprint density at radius 1 is 0.633 bits per heavy atom. The Balaban J connectivity index is 1.85. The van der Waals surface area contributed by atoms with Crippen molar-refractivity contribution in [3.63, 3.8) is 0 Å². The average Bonchev–Trinajstić information content (AvgIpc) is 2.79. The first-order valence-electron chi connectivity index (χ1n) is 9.65. The Morgan fingerprint density at radius 2 is 1.03 bits per heavy atom. The van der Waals surface area contributed by atoms with Crippen LogP contribution in [0.2, 0.25) is 0 Å². The average molecular weight is 392 g/mol. The highest BCUT2D eigenvalue weighted by molar-refractivity contribution is 5.89. The van der Waals surface area contributed by atoms with Crippen LogP contribution < -0.4 is 0 Å². The molecule has 0 saturated carbocycles. The summed E-state index contributed by atoms with van der Waals surface area (Å²) in [5.41, 5.74) is 8.26. The number of carboxylic acids is 1. The Hall–Kier alpha value is -3.98. The summed E-state index contributed by atoms with van der Waals surface area (Å²) in [7, 11) is 0. The molecule has 0 unspecified atom stereocenters. The van der Waals surface area contributed by atoms with E-state index in [0.29, 0.717) is 5.56 Å². The number of aryl methyl sites for hydroxylation is 1. The van der Waals surface area contributed by atoms with Gasteiger partial charge in [0, 0.05) is 5.56 Å². The lowest BCUT2D eigenvalue weighted by molar-refractivity contribution is 0.0696. The van der Waals surface area contributed by atoms with Crippen LogP contribution in [-0.2, 0) is 0 Å². The third-order valence-corrected chi connectivity index (χ3v) is 5.16. The number of hydrogen-bond donors (Lipinski definition) is 1. The van der Waals surface area contributed by atoms with Gasteiger partial charge in [0.2, 0.25) is 0 Å². The number of hydrogen-bond acceptors (Lipinski definition) is 2. The van der Waals surface area contributed by atoms with Gasteiger partial charge in [0.15, 0.2) is 0 Å². The molecule has 0 spiro atoms. The zero-order valence-corrected chi connectivity index (χ0v) is 16.5. The first kappa shape index (κ1) is 19.3. The molecule has 0 aliphatic carbocycles. The number of carboxylic acid groups (broad SMARTS) is 1. The molecular formula is C27H20O3. The van der Waals surface area contributed by atoms with Crippen molar-refractivity contribution in [1.29, 1.82) is 0 Å². The first-order valence-corrected chi connectivity index (χ1v) is 9.65. The van der Waals surface area contributed by atoms with Gasteiger partial charge in [-0.3, -0.25) is 4.79 Å². The highest BCUT2D eigenvalue weighted by Crippen LogP contribution is 2.33. The van der Waals surface area contributed by atoms with Crippen LogP contribution in [0.4, 0.5) is 0 Å². The van der Waals surface area contributed by atoms with Gasteiger partial charge in [0.1, 0.15) is 6.29 Å². The van der Waals surface area contributed by atoms with Crippen LogP contribution >= 0.6 is 0 Å². The minimum absolute atomic E-state index is 0.262. The van der Waals surface area contributed by atoms with Crippen molar-refractivity contribution in [2.75, 3.05) is 0 Å². The molecule has 146 valence electrons. The third-order valence-electron chi connectivity index (χ3n) is 5.16. The fourth-order valence-corrected chi connectivity index (χ4v) is 3.43. The van der Waals surface area contributed by atoms with E-state index in [2.05, 4.69) is 49.4 Å². The number of aromatic carboxylic acids is 1. The van der Waals surface area contributed by atoms with E-state index in [-0.39, 0.29) is 5.56 Å². The predicted molar refractivity (Wildman–Crippen MR) is 120 cm³/mol. The van der Waals surface area contributed by atoms with Gasteiger partial charge in [-0.25, -0.2) is 4.79 Å². The molecule has 0 amide bonds. The molecule has 0 aromatic heterocycles. The monoisotopic (exact) mass is 392 g/mol. The van der Waals surface area contributed by atoms with E-state index in [1.807, 2.05) is 36.4 Å². The highest BCUT2D eigenvalue weighted by atomic mass is 16.4. The van der Waals surface area contributed by atoms with Gasteiger partial charge in [-0.1, -0.05) is 66.2 Å². The van der Waals surface area contributed by atoms with E-state index < -0.39 is 5.97 Å². The Morgan fingerprint density at radius 3 is 1.43 bits per heavy atom. The van der Waals surface area contributed by atoms with Gasteiger partial charge in [-0.05, 0) is 70.6 Å². The van der Waals surface area contributed by atoms with Crippen molar-refractivity contribution in [3.8, 4) is 33.4 Å². The SMILES string of the molecule is Cc1ccc(-c2cc(-c3ccc(C=O)cc3)cc(-c3ccc(C(=O)O)cc3)c2)cc1. The van der Waals surface area contributed by atoms with Crippen molar-refractivity contribution < 1.29 is 14.7 Å². The summed E-state index contributed by atoms with van der Waals surface area (Å²) < 4.78 is 0. The largest absolute Gasteiger partial charge is 0.478 e. The van der Waals surface area contributed by atoms with Gasteiger partial charge < -0.3 is 5.11 Å². The van der Waals surface area contributed by atoms with Gasteiger partial charge in [-0.2, -0.15) is 0 Å². The smallest absolute Gasteiger partial charge is 0.335 e. The molecule has 4 rings (SSSR count). The molecule has 0 fully saturated rings. The number of carbonyl (C=O) groups is 2. The van der Waals surface area contributed by atoms with Crippen LogP contribution in [-0.4, -0.2) is 17.4 Å². The van der Waals surface area contributed by atoms with E-state index in [9.17, 15) is 14.7 Å². The fourth-order valence-electron chi connectivity index (χ4n) is 3.43. The number of benzene rings is 4. The van der Waals surface area contributed by atoms with Crippen molar-refractivity contribution in [3.05, 3.63) is 108 Å². The lowest BCUT2D eigenvalue weighted by atomic mass is 9.92. The normalized spacial score (nSPS) is 10.6. The molecule has 3 nitrogen and oxygen atoms in total. The minimum Gasteiger partial charge on any atom is -0.478 e. The van der Waals surface area contributed by atoms with E-state index >= 15 is 0 Å². The summed E-state index contributed by atoms with van der Waals surface area (Å²) >= 11 is 0. The van der Waals surface area contributed by atoms with Crippen molar-refractivity contribution in [1.82, 2.24) is 0 Å². The zero-order chi connectivity index (χ0) is 21.1. The summed E-state index contributed by atoms with van der Waals surface area (Å²) in [5, 5.41) is 9.17. The lowest BCUT2D eigenvalue weighted by Crippen LogP contribution is -1.95. The number of aldehydes is 1. The molecule has 3 heteroatoms. The number of carbonyl (C=O) groups excluding carboxylic acids is 1. The molecule has 0 bridgehead atoms. The molecule has 1 N–H and O–H groups in total. The predicted octanol–water partition coefficient (Wildman–Crippen LogP) is 6.51. The van der Waals surface area contributed by atoms with E-state index in [4.69, 9.17) is 0 Å². The Kier molecular flexibility index (Phi) is 5.27. The molecule has 0 aliphatic heterocycles. The Bertz CT molecular complexity index is 1200. The van der Waals surface area contributed by atoms with Crippen molar-refractivity contribution in [2.24, 2.45) is 0 Å². The molecule has 0 saturated heterocycles. The lowest BCUT2D eigenvalue weighted by Gasteiger charge is -2.12. The van der Waals surface area contributed by atoms with E-state index in [0.717, 1.165) is 39.7 Å². The summed E-state index contributed by atoms with van der Waals surface area (Å²) in [6, 6.07) is 29.1. The minimum atomic E-state index is -0.939. The maximum atomic E-state index is 11.2. The molecular weight excluding hydrogens is 372 g/mol. The van der Waals surface area contributed by atoms with Crippen LogP contribution in [0.3, 0.4) is 0 Å². The van der Waals surface area contributed by atoms with Crippen LogP contribution in [0.1, 0.15) is 26.3 Å². The summed E-state index contributed by atoms with van der Waals surface area (Å²) in [6.07, 6.45) is 0.835. The van der Waals surface area contributed by atoms with Crippen LogP contribution in [0.15, 0.2) is 91.0 Å². The molecule has 0 radical (unpaired) electrons.